The molecule has 4 N–H and O–H groups in total. The number of carbonyl (C=O) groups is 2. The molecule has 2 heterocycles. The average Bonchev–Trinajstić information content (AvgIpc) is 3.19. The van der Waals surface area contributed by atoms with E-state index in [0.29, 0.717) is 12.2 Å². The van der Waals surface area contributed by atoms with Gasteiger partial charge in [0.05, 0.1) is 11.9 Å². The molecule has 0 radical (unpaired) electrons. The van der Waals surface area contributed by atoms with Gasteiger partial charge in [-0.1, -0.05) is 18.2 Å². The Hall–Kier alpha value is -3.03. The Labute approximate surface area is 146 Å². The van der Waals surface area contributed by atoms with Crippen molar-refractivity contribution in [2.75, 3.05) is 23.3 Å². The normalized spacial score (nSPS) is 14.0. The fraction of sp³-hybridized carbons (Fsp3) is 0.353. The van der Waals surface area contributed by atoms with E-state index >= 15 is 0 Å². The molecule has 0 bridgehead atoms. The van der Waals surface area contributed by atoms with Crippen LogP contribution < -0.4 is 21.3 Å². The summed E-state index contributed by atoms with van der Waals surface area (Å²) >= 11 is 0. The van der Waals surface area contributed by atoms with Crippen LogP contribution in [0.4, 0.5) is 16.2 Å². The monoisotopic (exact) mass is 342 g/mol. The minimum atomic E-state index is -0.487. The second-order valence-corrected chi connectivity index (χ2v) is 6.15. The van der Waals surface area contributed by atoms with Crippen LogP contribution in [-0.4, -0.2) is 40.9 Å². The number of hydrogen-bond donors (Lipinski definition) is 3. The molecule has 2 aromatic rings. The van der Waals surface area contributed by atoms with Crippen LogP contribution in [0.25, 0.3) is 0 Å². The molecule has 3 rings (SSSR count). The maximum Gasteiger partial charge on any atom is 0.319 e. The topological polar surface area (TPSA) is 105 Å². The van der Waals surface area contributed by atoms with Gasteiger partial charge in [-0.25, -0.2) is 4.79 Å². The van der Waals surface area contributed by atoms with E-state index in [2.05, 4.69) is 45.8 Å². The molecule has 1 atom stereocenters. The lowest BCUT2D eigenvalue weighted by Crippen LogP contribution is -2.42. The number of amides is 3. The van der Waals surface area contributed by atoms with Crippen molar-refractivity contribution in [3.63, 3.8) is 0 Å². The van der Waals surface area contributed by atoms with E-state index in [1.165, 1.54) is 22.1 Å². The van der Waals surface area contributed by atoms with E-state index in [0.717, 1.165) is 13.0 Å². The number of nitrogens with two attached hydrogens (primary N) is 1. The highest BCUT2D eigenvalue weighted by molar-refractivity contribution is 5.89. The number of hydrogen-bond acceptors (Lipinski definition) is 4. The number of fused-ring (bicyclic) bond motifs is 1. The fourth-order valence-corrected chi connectivity index (χ4v) is 3.02. The molecule has 0 spiro atoms. The maximum absolute atomic E-state index is 12.0. The Morgan fingerprint density at radius 2 is 2.16 bits per heavy atom. The Bertz CT molecular complexity index is 772. The number of rotatable bonds is 6. The van der Waals surface area contributed by atoms with Gasteiger partial charge in [0, 0.05) is 31.0 Å². The number of aromatic nitrogens is 2. The molecule has 1 aromatic heterocycles. The number of benzene rings is 1. The van der Waals surface area contributed by atoms with Gasteiger partial charge < -0.3 is 21.3 Å². The van der Waals surface area contributed by atoms with Gasteiger partial charge in [0.1, 0.15) is 6.54 Å². The zero-order valence-electron chi connectivity index (χ0n) is 14.1. The first-order valence-corrected chi connectivity index (χ1v) is 8.23. The Morgan fingerprint density at radius 1 is 1.36 bits per heavy atom. The van der Waals surface area contributed by atoms with Crippen molar-refractivity contribution in [3.05, 3.63) is 42.2 Å². The van der Waals surface area contributed by atoms with E-state index in [9.17, 15) is 9.59 Å². The molecular weight excluding hydrogens is 320 g/mol. The number of para-hydroxylation sites is 1. The molecule has 3 amide bonds. The highest BCUT2D eigenvalue weighted by atomic mass is 16.2. The molecule has 0 fully saturated rings. The molecule has 8 nitrogen and oxygen atoms in total. The number of nitrogens with one attached hydrogen (secondary N) is 2. The Morgan fingerprint density at radius 3 is 2.96 bits per heavy atom. The number of primary amides is 1. The molecule has 1 aromatic carbocycles. The van der Waals surface area contributed by atoms with Gasteiger partial charge in [-0.3, -0.25) is 9.48 Å². The molecule has 0 saturated heterocycles. The predicted octanol–water partition coefficient (Wildman–Crippen LogP) is 0.941. The first-order chi connectivity index (χ1) is 12.0. The van der Waals surface area contributed by atoms with Gasteiger partial charge in [0.2, 0.25) is 5.91 Å². The maximum atomic E-state index is 12.0. The van der Waals surface area contributed by atoms with E-state index in [1.54, 1.807) is 6.20 Å². The zero-order valence-corrected chi connectivity index (χ0v) is 14.1. The largest absolute Gasteiger partial charge is 0.368 e. The van der Waals surface area contributed by atoms with Crippen LogP contribution in [0, 0.1) is 0 Å². The van der Waals surface area contributed by atoms with Crippen molar-refractivity contribution < 1.29 is 9.59 Å². The van der Waals surface area contributed by atoms with Crippen LogP contribution in [0.5, 0.6) is 0 Å². The summed E-state index contributed by atoms with van der Waals surface area (Å²) in [7, 11) is 0. The van der Waals surface area contributed by atoms with Gasteiger partial charge in [-0.2, -0.15) is 5.10 Å². The van der Waals surface area contributed by atoms with E-state index < -0.39 is 5.91 Å². The Kier molecular flexibility index (Phi) is 4.87. The number of carbonyl (C=O) groups excluding carboxylic acids is 2. The van der Waals surface area contributed by atoms with Crippen molar-refractivity contribution in [1.29, 1.82) is 0 Å². The van der Waals surface area contributed by atoms with Crippen LogP contribution in [0.2, 0.25) is 0 Å². The molecule has 1 aliphatic heterocycles. The summed E-state index contributed by atoms with van der Waals surface area (Å²) in [5, 5.41) is 9.52. The van der Waals surface area contributed by atoms with Crippen molar-refractivity contribution in [1.82, 2.24) is 15.1 Å². The van der Waals surface area contributed by atoms with E-state index in [-0.39, 0.29) is 18.6 Å². The molecule has 132 valence electrons. The van der Waals surface area contributed by atoms with E-state index in [1.807, 2.05) is 6.07 Å². The highest BCUT2D eigenvalue weighted by Crippen LogP contribution is 2.28. The summed E-state index contributed by atoms with van der Waals surface area (Å²) in [4.78, 5) is 25.2. The standard InChI is InChI=1S/C17H22N6O2/c1-12(23-7-6-13-4-2-3-5-15(13)23)8-19-17(25)21-14-9-20-22(10-14)11-16(18)24/h2-5,9-10,12H,6-8,11H2,1H3,(H2,18,24)(H2,19,21,25)/t12-/m0/s1. The molecule has 1 aliphatic rings. The molecule has 0 aliphatic carbocycles. The van der Waals surface area contributed by atoms with E-state index in [4.69, 9.17) is 5.73 Å². The third-order valence-corrected chi connectivity index (χ3v) is 4.22. The van der Waals surface area contributed by atoms with Crippen molar-refractivity contribution >= 4 is 23.3 Å². The fourth-order valence-electron chi connectivity index (χ4n) is 3.02. The minimum Gasteiger partial charge on any atom is -0.368 e. The SMILES string of the molecule is C[C@@H](CNC(=O)Nc1cnn(CC(N)=O)c1)N1CCc2ccccc21. The second-order valence-electron chi connectivity index (χ2n) is 6.15. The summed E-state index contributed by atoms with van der Waals surface area (Å²) in [5.74, 6) is -0.487. The Balaban J connectivity index is 1.49. The van der Waals surface area contributed by atoms with Crippen molar-refractivity contribution in [3.8, 4) is 0 Å². The van der Waals surface area contributed by atoms with Crippen LogP contribution >= 0.6 is 0 Å². The van der Waals surface area contributed by atoms with Gasteiger partial charge in [-0.05, 0) is 25.0 Å². The van der Waals surface area contributed by atoms with Crippen LogP contribution in [0.1, 0.15) is 12.5 Å². The summed E-state index contributed by atoms with van der Waals surface area (Å²) < 4.78 is 1.38. The van der Waals surface area contributed by atoms with Crippen molar-refractivity contribution in [2.24, 2.45) is 5.73 Å². The molecule has 0 saturated carbocycles. The lowest BCUT2D eigenvalue weighted by molar-refractivity contribution is -0.118. The first-order valence-electron chi connectivity index (χ1n) is 8.23. The van der Waals surface area contributed by atoms with Gasteiger partial charge in [-0.15, -0.1) is 0 Å². The smallest absolute Gasteiger partial charge is 0.319 e. The van der Waals surface area contributed by atoms with Crippen LogP contribution in [0.3, 0.4) is 0 Å². The lowest BCUT2D eigenvalue weighted by Gasteiger charge is -2.27. The second kappa shape index (κ2) is 7.25. The molecule has 8 heteroatoms. The predicted molar refractivity (Wildman–Crippen MR) is 95.4 cm³/mol. The minimum absolute atomic E-state index is 0.0191. The van der Waals surface area contributed by atoms with Crippen molar-refractivity contribution in [2.45, 2.75) is 25.9 Å². The number of urea groups is 1. The van der Waals surface area contributed by atoms with Gasteiger partial charge in [0.25, 0.3) is 0 Å². The summed E-state index contributed by atoms with van der Waals surface area (Å²) in [6.45, 7) is 3.56. The third kappa shape index (κ3) is 4.09. The summed E-state index contributed by atoms with van der Waals surface area (Å²) in [6.07, 6.45) is 4.07. The summed E-state index contributed by atoms with van der Waals surface area (Å²) in [5.41, 5.74) is 8.21. The van der Waals surface area contributed by atoms with Crippen LogP contribution in [0.15, 0.2) is 36.7 Å². The van der Waals surface area contributed by atoms with Gasteiger partial charge in [0.15, 0.2) is 0 Å². The molecular formula is C17H22N6O2. The zero-order chi connectivity index (χ0) is 17.8. The molecule has 25 heavy (non-hydrogen) atoms. The quantitative estimate of drug-likeness (QED) is 0.726. The number of anilines is 2. The highest BCUT2D eigenvalue weighted by Gasteiger charge is 2.23. The van der Waals surface area contributed by atoms with Crippen LogP contribution in [-0.2, 0) is 17.8 Å². The average molecular weight is 342 g/mol. The summed E-state index contributed by atoms with van der Waals surface area (Å²) in [6, 6.07) is 8.23. The molecule has 0 unspecified atom stereocenters. The first kappa shape index (κ1) is 16.8. The number of nitrogens with zero attached hydrogens (tertiary/aromatic N) is 3. The lowest BCUT2D eigenvalue weighted by atomic mass is 10.2. The van der Waals surface area contributed by atoms with Gasteiger partial charge >= 0.3 is 6.03 Å². The third-order valence-electron chi connectivity index (χ3n) is 4.22.